The molecule has 37 heavy (non-hydrogen) atoms. The molecule has 1 aromatic heterocycles. The number of rotatable bonds is 8. The van der Waals surface area contributed by atoms with E-state index in [0.717, 1.165) is 11.3 Å². The molecule has 0 radical (unpaired) electrons. The lowest BCUT2D eigenvalue weighted by Gasteiger charge is -2.25. The molecule has 0 saturated heterocycles. The molecule has 192 valence electrons. The summed E-state index contributed by atoms with van der Waals surface area (Å²) in [5, 5.41) is 11.2. The molecule has 0 unspecified atom stereocenters. The molecule has 10 nitrogen and oxygen atoms in total. The molecule has 0 fully saturated rings. The summed E-state index contributed by atoms with van der Waals surface area (Å²) in [4.78, 5) is 42.4. The number of non-ortho nitro benzene ring substituents is 1. The maximum Gasteiger partial charge on any atom is 0.338 e. The van der Waals surface area contributed by atoms with E-state index < -0.39 is 16.9 Å². The molecular formula is C26H25N3O7S. The zero-order chi connectivity index (χ0) is 26.7. The molecule has 0 spiro atoms. The molecule has 11 heteroatoms. The Morgan fingerprint density at radius 3 is 2.65 bits per heavy atom. The van der Waals surface area contributed by atoms with Crippen molar-refractivity contribution in [2.45, 2.75) is 26.8 Å². The zero-order valence-electron chi connectivity index (χ0n) is 20.7. The monoisotopic (exact) mass is 523 g/mol. The predicted octanol–water partition coefficient (Wildman–Crippen LogP) is 3.11. The van der Waals surface area contributed by atoms with Crippen molar-refractivity contribution in [1.82, 2.24) is 4.57 Å². The summed E-state index contributed by atoms with van der Waals surface area (Å²) in [6, 6.07) is 10.4. The fraction of sp³-hybridized carbons (Fsp3) is 0.269. The molecule has 2 heterocycles. The molecule has 0 bridgehead atoms. The number of aromatic nitrogens is 1. The van der Waals surface area contributed by atoms with Crippen molar-refractivity contribution < 1.29 is 23.9 Å². The first-order valence-electron chi connectivity index (χ1n) is 11.5. The van der Waals surface area contributed by atoms with Gasteiger partial charge in [-0.25, -0.2) is 9.79 Å². The Morgan fingerprint density at radius 2 is 1.97 bits per heavy atom. The quantitative estimate of drug-likeness (QED) is 0.253. The van der Waals surface area contributed by atoms with E-state index >= 15 is 0 Å². The van der Waals surface area contributed by atoms with Crippen LogP contribution in [-0.2, 0) is 9.53 Å². The van der Waals surface area contributed by atoms with Crippen LogP contribution in [0, 0.1) is 10.1 Å². The van der Waals surface area contributed by atoms with Gasteiger partial charge >= 0.3 is 5.97 Å². The van der Waals surface area contributed by atoms with Gasteiger partial charge < -0.3 is 14.2 Å². The highest BCUT2D eigenvalue weighted by Gasteiger charge is 2.34. The highest BCUT2D eigenvalue weighted by atomic mass is 32.1. The number of hydrogen-bond acceptors (Lipinski definition) is 9. The van der Waals surface area contributed by atoms with Crippen LogP contribution in [0.4, 0.5) is 5.69 Å². The number of nitro groups is 1. The molecule has 1 aliphatic heterocycles. The van der Waals surface area contributed by atoms with Gasteiger partial charge in [0.25, 0.3) is 11.2 Å². The molecule has 1 atom stereocenters. The lowest BCUT2D eigenvalue weighted by molar-refractivity contribution is -0.384. The SMILES string of the molecule is CCOC(=O)C1=C(C)N=c2s/c(=C\c3cccc([N+](=O)[O-])c3)c(=O)n2[C@@H]1c1ccc(OC)c(OCC)c1. The van der Waals surface area contributed by atoms with Crippen molar-refractivity contribution >= 4 is 29.1 Å². The minimum atomic E-state index is -0.826. The van der Waals surface area contributed by atoms with Crippen LogP contribution in [0.3, 0.4) is 0 Å². The summed E-state index contributed by atoms with van der Waals surface area (Å²) in [5.41, 5.74) is 1.32. The number of thiazole rings is 1. The number of benzene rings is 2. The minimum absolute atomic E-state index is 0.0819. The van der Waals surface area contributed by atoms with Gasteiger partial charge in [-0.05, 0) is 50.1 Å². The fourth-order valence-electron chi connectivity index (χ4n) is 4.12. The number of allylic oxidation sites excluding steroid dienone is 1. The third-order valence-corrected chi connectivity index (χ3v) is 6.68. The number of nitrogens with zero attached hydrogens (tertiary/aromatic N) is 3. The standard InChI is InChI=1S/C26H25N3O7S/c1-5-35-20-14-17(10-11-19(20)34-4)23-22(25(31)36-6-2)15(3)27-26-28(23)24(30)21(37-26)13-16-8-7-9-18(12-16)29(32)33/h7-14,23H,5-6H2,1-4H3/b21-13-/t23-/m1/s1. The maximum atomic E-state index is 13.7. The molecule has 0 amide bonds. The van der Waals surface area contributed by atoms with E-state index in [9.17, 15) is 19.7 Å². The van der Waals surface area contributed by atoms with Crippen molar-refractivity contribution in [3.05, 3.63) is 94.7 Å². The Bertz CT molecular complexity index is 1590. The van der Waals surface area contributed by atoms with Crippen molar-refractivity contribution in [2.75, 3.05) is 20.3 Å². The Labute approximate surface area is 215 Å². The van der Waals surface area contributed by atoms with Gasteiger partial charge in [0.1, 0.15) is 0 Å². The smallest absolute Gasteiger partial charge is 0.338 e. The van der Waals surface area contributed by atoms with Crippen LogP contribution in [0.5, 0.6) is 11.5 Å². The Morgan fingerprint density at radius 1 is 1.19 bits per heavy atom. The van der Waals surface area contributed by atoms with Crippen LogP contribution < -0.4 is 24.4 Å². The molecule has 0 saturated carbocycles. The van der Waals surface area contributed by atoms with E-state index in [1.165, 1.54) is 23.8 Å². The molecule has 0 aliphatic carbocycles. The van der Waals surface area contributed by atoms with Crippen molar-refractivity contribution in [2.24, 2.45) is 4.99 Å². The van der Waals surface area contributed by atoms with Crippen LogP contribution >= 0.6 is 11.3 Å². The number of fused-ring (bicyclic) bond motifs is 1. The lowest BCUT2D eigenvalue weighted by atomic mass is 9.95. The summed E-state index contributed by atoms with van der Waals surface area (Å²) in [6.07, 6.45) is 1.58. The van der Waals surface area contributed by atoms with Gasteiger partial charge in [0, 0.05) is 12.1 Å². The second-order valence-electron chi connectivity index (χ2n) is 8.00. The third kappa shape index (κ3) is 5.03. The first-order valence-corrected chi connectivity index (χ1v) is 12.4. The molecular weight excluding hydrogens is 498 g/mol. The summed E-state index contributed by atoms with van der Waals surface area (Å²) < 4.78 is 18.2. The van der Waals surface area contributed by atoms with E-state index in [-0.39, 0.29) is 23.4 Å². The largest absolute Gasteiger partial charge is 0.493 e. The highest BCUT2D eigenvalue weighted by Crippen LogP contribution is 2.36. The van der Waals surface area contributed by atoms with Gasteiger partial charge in [0.05, 0.1) is 47.1 Å². The number of nitro benzene ring substituents is 1. The van der Waals surface area contributed by atoms with Crippen molar-refractivity contribution in [1.29, 1.82) is 0 Å². The third-order valence-electron chi connectivity index (χ3n) is 5.70. The fourth-order valence-corrected chi connectivity index (χ4v) is 5.16. The van der Waals surface area contributed by atoms with Crippen molar-refractivity contribution in [3.8, 4) is 11.5 Å². The van der Waals surface area contributed by atoms with E-state index in [0.29, 0.717) is 44.3 Å². The van der Waals surface area contributed by atoms with Gasteiger partial charge in [0.15, 0.2) is 16.3 Å². The van der Waals surface area contributed by atoms with Gasteiger partial charge in [-0.15, -0.1) is 0 Å². The van der Waals surface area contributed by atoms with Gasteiger partial charge in [0.2, 0.25) is 0 Å². The van der Waals surface area contributed by atoms with Crippen LogP contribution in [0.2, 0.25) is 0 Å². The van der Waals surface area contributed by atoms with Crippen LogP contribution in [-0.4, -0.2) is 35.8 Å². The predicted molar refractivity (Wildman–Crippen MR) is 138 cm³/mol. The van der Waals surface area contributed by atoms with Gasteiger partial charge in [-0.2, -0.15) is 0 Å². The van der Waals surface area contributed by atoms with E-state index in [1.54, 1.807) is 50.3 Å². The van der Waals surface area contributed by atoms with Gasteiger partial charge in [-0.3, -0.25) is 19.5 Å². The van der Waals surface area contributed by atoms with E-state index in [1.807, 2.05) is 6.92 Å². The topological polar surface area (TPSA) is 122 Å². The Balaban J connectivity index is 1.96. The molecule has 3 aromatic rings. The first-order chi connectivity index (χ1) is 17.8. The van der Waals surface area contributed by atoms with Gasteiger partial charge in [-0.1, -0.05) is 29.5 Å². The zero-order valence-corrected chi connectivity index (χ0v) is 21.5. The summed E-state index contributed by atoms with van der Waals surface area (Å²) >= 11 is 1.14. The lowest BCUT2D eigenvalue weighted by Crippen LogP contribution is -2.40. The number of ether oxygens (including phenoxy) is 3. The normalized spacial score (nSPS) is 15.1. The van der Waals surface area contributed by atoms with E-state index in [2.05, 4.69) is 4.99 Å². The second kappa shape index (κ2) is 10.8. The summed E-state index contributed by atoms with van der Waals surface area (Å²) in [6.45, 7) is 5.80. The summed E-state index contributed by atoms with van der Waals surface area (Å²) in [7, 11) is 1.53. The molecule has 0 N–H and O–H groups in total. The Hall–Kier alpha value is -4.25. The highest BCUT2D eigenvalue weighted by molar-refractivity contribution is 7.07. The van der Waals surface area contributed by atoms with Crippen molar-refractivity contribution in [3.63, 3.8) is 0 Å². The number of carbonyl (C=O) groups is 1. The second-order valence-corrected chi connectivity index (χ2v) is 9.01. The molecule has 1 aliphatic rings. The number of carbonyl (C=O) groups excluding carboxylic acids is 1. The first kappa shape index (κ1) is 25.8. The minimum Gasteiger partial charge on any atom is -0.493 e. The Kier molecular flexibility index (Phi) is 7.53. The van der Waals surface area contributed by atoms with Crippen LogP contribution in [0.1, 0.15) is 37.9 Å². The summed E-state index contributed by atoms with van der Waals surface area (Å²) in [5.74, 6) is 0.414. The van der Waals surface area contributed by atoms with E-state index in [4.69, 9.17) is 14.2 Å². The van der Waals surface area contributed by atoms with Crippen LogP contribution in [0.25, 0.3) is 6.08 Å². The average molecular weight is 524 g/mol. The average Bonchev–Trinajstić information content (AvgIpc) is 3.17. The molecule has 4 rings (SSSR count). The molecule has 2 aromatic carbocycles. The maximum absolute atomic E-state index is 13.7. The number of hydrogen-bond donors (Lipinski definition) is 0. The number of methoxy groups -OCH3 is 1. The number of esters is 1. The van der Waals surface area contributed by atoms with Crippen LogP contribution in [0.15, 0.2) is 63.5 Å².